The number of aromatic nitrogens is 1. The first-order chi connectivity index (χ1) is 9.16. The van der Waals surface area contributed by atoms with Crippen molar-refractivity contribution >= 4 is 29.0 Å². The van der Waals surface area contributed by atoms with E-state index in [9.17, 15) is 4.79 Å². The lowest BCUT2D eigenvalue weighted by molar-refractivity contribution is 0.0958. The number of hydrogen-bond donors (Lipinski definition) is 1. The largest absolute Gasteiger partial charge is 0.381 e. The second-order valence-corrected chi connectivity index (χ2v) is 7.20. The lowest BCUT2D eigenvalue weighted by Gasteiger charge is -2.21. The minimum absolute atomic E-state index is 0.00989. The fourth-order valence-corrected chi connectivity index (χ4v) is 3.97. The van der Waals surface area contributed by atoms with Crippen molar-refractivity contribution in [3.05, 3.63) is 15.6 Å². The summed E-state index contributed by atoms with van der Waals surface area (Å²) in [5.41, 5.74) is 0.831. The Morgan fingerprint density at radius 2 is 2.21 bits per heavy atom. The van der Waals surface area contributed by atoms with Crippen LogP contribution >= 0.6 is 23.1 Å². The SMILES string of the molecule is Cc1nc(C)c(C(=O)NCCSC2CCOCC2)s1. The predicted molar refractivity (Wildman–Crippen MR) is 80.2 cm³/mol. The first-order valence-corrected chi connectivity index (χ1v) is 8.45. The molecule has 106 valence electrons. The summed E-state index contributed by atoms with van der Waals surface area (Å²) >= 11 is 3.40. The van der Waals surface area contributed by atoms with E-state index >= 15 is 0 Å². The molecule has 0 saturated carbocycles. The quantitative estimate of drug-likeness (QED) is 0.848. The number of thioether (sulfide) groups is 1. The molecule has 1 aromatic rings. The van der Waals surface area contributed by atoms with Gasteiger partial charge in [0.25, 0.3) is 5.91 Å². The van der Waals surface area contributed by atoms with Gasteiger partial charge in [0.2, 0.25) is 0 Å². The number of carbonyl (C=O) groups excluding carboxylic acids is 1. The monoisotopic (exact) mass is 300 g/mol. The van der Waals surface area contributed by atoms with Gasteiger partial charge in [0.05, 0.1) is 10.7 Å². The van der Waals surface area contributed by atoms with Crippen LogP contribution in [0, 0.1) is 13.8 Å². The molecular weight excluding hydrogens is 280 g/mol. The van der Waals surface area contributed by atoms with Crippen LogP contribution in [0.5, 0.6) is 0 Å². The molecule has 2 rings (SSSR count). The normalized spacial score (nSPS) is 16.5. The van der Waals surface area contributed by atoms with E-state index in [2.05, 4.69) is 10.3 Å². The van der Waals surface area contributed by atoms with Crippen molar-refractivity contribution in [3.8, 4) is 0 Å². The van der Waals surface area contributed by atoms with Crippen LogP contribution in [-0.2, 0) is 4.74 Å². The van der Waals surface area contributed by atoms with E-state index in [0.717, 1.165) is 53.9 Å². The maximum absolute atomic E-state index is 12.0. The molecule has 1 aliphatic rings. The second kappa shape index (κ2) is 7.26. The number of rotatable bonds is 5. The van der Waals surface area contributed by atoms with Gasteiger partial charge in [0.1, 0.15) is 4.88 Å². The van der Waals surface area contributed by atoms with Crippen molar-refractivity contribution < 1.29 is 9.53 Å². The fraction of sp³-hybridized carbons (Fsp3) is 0.692. The Kier molecular flexibility index (Phi) is 5.66. The fourth-order valence-electron chi connectivity index (χ4n) is 2.06. The Balaban J connectivity index is 1.67. The first kappa shape index (κ1) is 14.8. The maximum Gasteiger partial charge on any atom is 0.263 e. The summed E-state index contributed by atoms with van der Waals surface area (Å²) in [4.78, 5) is 17.0. The average molecular weight is 300 g/mol. The van der Waals surface area contributed by atoms with Crippen LogP contribution in [-0.4, -0.2) is 41.7 Å². The topological polar surface area (TPSA) is 51.2 Å². The van der Waals surface area contributed by atoms with Crippen LogP contribution in [0.25, 0.3) is 0 Å². The van der Waals surface area contributed by atoms with Gasteiger partial charge in [0.15, 0.2) is 0 Å². The van der Waals surface area contributed by atoms with E-state index in [0.29, 0.717) is 5.25 Å². The van der Waals surface area contributed by atoms with Crippen LogP contribution in [0.3, 0.4) is 0 Å². The van der Waals surface area contributed by atoms with Crippen molar-refractivity contribution in [2.45, 2.75) is 31.9 Å². The zero-order valence-electron chi connectivity index (χ0n) is 11.4. The molecule has 6 heteroatoms. The number of thiazole rings is 1. The molecule has 0 spiro atoms. The lowest BCUT2D eigenvalue weighted by atomic mass is 10.2. The standard InChI is InChI=1S/C13H20N2O2S2/c1-9-12(19-10(2)15-9)13(16)14-5-8-18-11-3-6-17-7-4-11/h11H,3-8H2,1-2H3,(H,14,16). The van der Waals surface area contributed by atoms with Gasteiger partial charge in [-0.2, -0.15) is 11.8 Å². The summed E-state index contributed by atoms with van der Waals surface area (Å²) in [5, 5.41) is 4.61. The van der Waals surface area contributed by atoms with Crippen molar-refractivity contribution in [1.29, 1.82) is 0 Å². The van der Waals surface area contributed by atoms with E-state index in [1.165, 1.54) is 11.3 Å². The predicted octanol–water partition coefficient (Wildman–Crippen LogP) is 2.40. The summed E-state index contributed by atoms with van der Waals surface area (Å²) in [6, 6.07) is 0. The Labute approximate surface area is 122 Å². The molecule has 0 atom stereocenters. The molecule has 0 bridgehead atoms. The number of nitrogens with one attached hydrogen (secondary N) is 1. The smallest absolute Gasteiger partial charge is 0.263 e. The molecule has 4 nitrogen and oxygen atoms in total. The zero-order valence-corrected chi connectivity index (χ0v) is 13.0. The van der Waals surface area contributed by atoms with Gasteiger partial charge in [0, 0.05) is 30.8 Å². The van der Waals surface area contributed by atoms with E-state index < -0.39 is 0 Å². The highest BCUT2D eigenvalue weighted by Gasteiger charge is 2.15. The molecule has 0 radical (unpaired) electrons. The molecule has 1 fully saturated rings. The molecule has 1 aromatic heterocycles. The van der Waals surface area contributed by atoms with Gasteiger partial charge in [-0.1, -0.05) is 0 Å². The molecule has 2 heterocycles. The Hall–Kier alpha value is -0.590. The number of ether oxygens (including phenoxy) is 1. The zero-order chi connectivity index (χ0) is 13.7. The molecule has 1 N–H and O–H groups in total. The molecule has 19 heavy (non-hydrogen) atoms. The summed E-state index contributed by atoms with van der Waals surface area (Å²) < 4.78 is 5.33. The Morgan fingerprint density at radius 3 is 2.84 bits per heavy atom. The molecule has 1 saturated heterocycles. The number of carbonyl (C=O) groups is 1. The summed E-state index contributed by atoms with van der Waals surface area (Å²) in [5.74, 6) is 0.975. The molecule has 0 aromatic carbocycles. The Morgan fingerprint density at radius 1 is 1.47 bits per heavy atom. The maximum atomic E-state index is 12.0. The van der Waals surface area contributed by atoms with E-state index in [4.69, 9.17) is 4.74 Å². The van der Waals surface area contributed by atoms with Crippen molar-refractivity contribution in [2.24, 2.45) is 0 Å². The van der Waals surface area contributed by atoms with Crippen molar-refractivity contribution in [1.82, 2.24) is 10.3 Å². The minimum atomic E-state index is 0.00989. The first-order valence-electron chi connectivity index (χ1n) is 6.58. The molecule has 0 unspecified atom stereocenters. The highest BCUT2D eigenvalue weighted by molar-refractivity contribution is 7.99. The number of amides is 1. The van der Waals surface area contributed by atoms with Gasteiger partial charge < -0.3 is 10.1 Å². The third-order valence-corrected chi connectivity index (χ3v) is 5.47. The highest BCUT2D eigenvalue weighted by Crippen LogP contribution is 2.21. The van der Waals surface area contributed by atoms with Crippen LogP contribution in [0.15, 0.2) is 0 Å². The van der Waals surface area contributed by atoms with Crippen molar-refractivity contribution in [2.75, 3.05) is 25.5 Å². The van der Waals surface area contributed by atoms with Gasteiger partial charge in [-0.05, 0) is 26.7 Å². The summed E-state index contributed by atoms with van der Waals surface area (Å²) in [6.45, 7) is 6.29. The molecular formula is C13H20N2O2S2. The number of aryl methyl sites for hydroxylation is 2. The summed E-state index contributed by atoms with van der Waals surface area (Å²) in [7, 11) is 0. The minimum Gasteiger partial charge on any atom is -0.381 e. The number of nitrogens with zero attached hydrogens (tertiary/aromatic N) is 1. The van der Waals surface area contributed by atoms with Gasteiger partial charge >= 0.3 is 0 Å². The van der Waals surface area contributed by atoms with Crippen LogP contribution < -0.4 is 5.32 Å². The van der Waals surface area contributed by atoms with Gasteiger partial charge in [-0.3, -0.25) is 4.79 Å². The van der Waals surface area contributed by atoms with E-state index in [1.807, 2.05) is 25.6 Å². The van der Waals surface area contributed by atoms with Crippen LogP contribution in [0.1, 0.15) is 33.2 Å². The lowest BCUT2D eigenvalue weighted by Crippen LogP contribution is -2.27. The van der Waals surface area contributed by atoms with Gasteiger partial charge in [-0.15, -0.1) is 11.3 Å². The third kappa shape index (κ3) is 4.47. The Bertz CT molecular complexity index is 428. The number of hydrogen-bond acceptors (Lipinski definition) is 5. The highest BCUT2D eigenvalue weighted by atomic mass is 32.2. The molecule has 1 amide bonds. The second-order valence-electron chi connectivity index (χ2n) is 4.59. The molecule has 0 aliphatic carbocycles. The third-order valence-electron chi connectivity index (χ3n) is 3.02. The summed E-state index contributed by atoms with van der Waals surface area (Å²) in [6.07, 6.45) is 2.26. The van der Waals surface area contributed by atoms with Crippen LogP contribution in [0.4, 0.5) is 0 Å². The van der Waals surface area contributed by atoms with Crippen molar-refractivity contribution in [3.63, 3.8) is 0 Å². The molecule has 1 aliphatic heterocycles. The van der Waals surface area contributed by atoms with Gasteiger partial charge in [-0.25, -0.2) is 4.98 Å². The van der Waals surface area contributed by atoms with Crippen LogP contribution in [0.2, 0.25) is 0 Å². The average Bonchev–Trinajstić information content (AvgIpc) is 2.75. The van der Waals surface area contributed by atoms with E-state index in [1.54, 1.807) is 0 Å². The van der Waals surface area contributed by atoms with E-state index in [-0.39, 0.29) is 5.91 Å².